The van der Waals surface area contributed by atoms with Crippen molar-refractivity contribution in [2.24, 2.45) is 0 Å². The van der Waals surface area contributed by atoms with Gasteiger partial charge in [0.25, 0.3) is 0 Å². The van der Waals surface area contributed by atoms with Crippen LogP contribution in [0, 0.1) is 11.3 Å². The van der Waals surface area contributed by atoms with Crippen LogP contribution in [0.4, 0.5) is 5.69 Å². The molecule has 0 amide bonds. The summed E-state index contributed by atoms with van der Waals surface area (Å²) < 4.78 is 0. The van der Waals surface area contributed by atoms with E-state index in [0.29, 0.717) is 0 Å². The van der Waals surface area contributed by atoms with Crippen LogP contribution in [0.5, 0.6) is 0 Å². The molecule has 1 rings (SSSR count). The van der Waals surface area contributed by atoms with Crippen LogP contribution in [-0.4, -0.2) is 11.8 Å². The normalized spacial score (nSPS) is 11.1. The molecule has 0 bridgehead atoms. The fourth-order valence-corrected chi connectivity index (χ4v) is 2.80. The summed E-state index contributed by atoms with van der Waals surface area (Å²) in [5.74, 6) is 0. The van der Waals surface area contributed by atoms with Gasteiger partial charge in [0.1, 0.15) is 6.07 Å². The van der Waals surface area contributed by atoms with E-state index in [4.69, 9.17) is 0 Å². The molecule has 1 aromatic rings. The van der Waals surface area contributed by atoms with Crippen LogP contribution in [0.25, 0.3) is 0 Å². The van der Waals surface area contributed by atoms with Crippen molar-refractivity contribution >= 4 is 17.4 Å². The van der Waals surface area contributed by atoms with Crippen LogP contribution in [-0.2, 0) is 0 Å². The summed E-state index contributed by atoms with van der Waals surface area (Å²) in [5, 5.41) is 12.9. The van der Waals surface area contributed by atoms with Gasteiger partial charge in [-0.25, -0.2) is 0 Å². The average Bonchev–Trinajstić information content (AvgIpc) is 2.44. The molecule has 0 aliphatic rings. The Morgan fingerprint density at radius 1 is 1.22 bits per heavy atom. The second-order valence-corrected chi connectivity index (χ2v) is 5.31. The number of hydrogen-bond acceptors (Lipinski definition) is 3. The summed E-state index contributed by atoms with van der Waals surface area (Å²) in [5.41, 5.74) is 1.84. The zero-order valence-electron chi connectivity index (χ0n) is 11.7. The molecule has 98 valence electrons. The Morgan fingerprint density at radius 2 is 1.83 bits per heavy atom. The molecule has 0 atom stereocenters. The van der Waals surface area contributed by atoms with Crippen LogP contribution >= 0.6 is 11.8 Å². The Bertz CT molecular complexity index is 422. The maximum Gasteiger partial charge on any atom is 0.102 e. The van der Waals surface area contributed by atoms with Gasteiger partial charge in [0.05, 0.1) is 11.3 Å². The van der Waals surface area contributed by atoms with Crippen molar-refractivity contribution in [1.82, 2.24) is 0 Å². The van der Waals surface area contributed by atoms with Gasteiger partial charge in [-0.1, -0.05) is 26.8 Å². The number of nitriles is 1. The molecule has 0 aliphatic carbocycles. The quantitative estimate of drug-likeness (QED) is 0.757. The van der Waals surface area contributed by atoms with Crippen molar-refractivity contribution in [3.63, 3.8) is 0 Å². The Balaban J connectivity index is 3.15. The summed E-state index contributed by atoms with van der Waals surface area (Å²) >= 11 is 1.62. The highest BCUT2D eigenvalue weighted by Gasteiger charge is 2.24. The molecule has 0 aliphatic heterocycles. The van der Waals surface area contributed by atoms with Gasteiger partial charge in [0, 0.05) is 10.4 Å². The fourth-order valence-electron chi connectivity index (χ4n) is 2.22. The molecule has 0 saturated carbocycles. The number of thioether (sulfide) groups is 1. The van der Waals surface area contributed by atoms with E-state index < -0.39 is 0 Å². The van der Waals surface area contributed by atoms with Crippen molar-refractivity contribution in [3.05, 3.63) is 23.8 Å². The predicted octanol–water partition coefficient (Wildman–Crippen LogP) is 4.66. The Morgan fingerprint density at radius 3 is 2.28 bits per heavy atom. The first-order valence-electron chi connectivity index (χ1n) is 6.51. The summed E-state index contributed by atoms with van der Waals surface area (Å²) in [6.07, 6.45) is 5.20. The summed E-state index contributed by atoms with van der Waals surface area (Å²) in [6.45, 7) is 6.60. The van der Waals surface area contributed by atoms with Crippen LogP contribution in [0.1, 0.15) is 45.6 Å². The number of nitrogens with zero attached hydrogens (tertiary/aromatic N) is 1. The van der Waals surface area contributed by atoms with Gasteiger partial charge in [-0.2, -0.15) is 5.26 Å². The highest BCUT2D eigenvalue weighted by Crippen LogP contribution is 2.31. The molecule has 0 aromatic heterocycles. The third-order valence-corrected chi connectivity index (χ3v) is 4.57. The Labute approximate surface area is 115 Å². The number of nitrogens with one attached hydrogen (secondary N) is 1. The Hall–Kier alpha value is -1.14. The van der Waals surface area contributed by atoms with E-state index in [2.05, 4.69) is 32.2 Å². The van der Waals surface area contributed by atoms with Crippen molar-refractivity contribution < 1.29 is 0 Å². The van der Waals surface area contributed by atoms with Gasteiger partial charge in [-0.05, 0) is 37.7 Å². The number of hydrogen-bond donors (Lipinski definition) is 1. The van der Waals surface area contributed by atoms with E-state index in [0.717, 1.165) is 35.4 Å². The van der Waals surface area contributed by atoms with E-state index >= 15 is 0 Å². The lowest BCUT2D eigenvalue weighted by Crippen LogP contribution is -2.36. The van der Waals surface area contributed by atoms with E-state index in [1.54, 1.807) is 11.8 Å². The van der Waals surface area contributed by atoms with E-state index in [9.17, 15) is 5.26 Å². The molecule has 0 heterocycles. The van der Waals surface area contributed by atoms with Gasteiger partial charge in [0.2, 0.25) is 0 Å². The minimum atomic E-state index is 0.0998. The molecular formula is C15H22N2S. The van der Waals surface area contributed by atoms with E-state index in [1.807, 2.05) is 24.5 Å². The van der Waals surface area contributed by atoms with Gasteiger partial charge in [0.15, 0.2) is 0 Å². The molecule has 0 radical (unpaired) electrons. The Kier molecular flexibility index (Phi) is 5.55. The van der Waals surface area contributed by atoms with Gasteiger partial charge < -0.3 is 5.32 Å². The molecule has 0 unspecified atom stereocenters. The number of anilines is 1. The van der Waals surface area contributed by atoms with Crippen molar-refractivity contribution in [2.75, 3.05) is 11.6 Å². The third-order valence-electron chi connectivity index (χ3n) is 3.79. The van der Waals surface area contributed by atoms with Crippen molar-refractivity contribution in [1.29, 1.82) is 5.26 Å². The zero-order valence-corrected chi connectivity index (χ0v) is 12.5. The van der Waals surface area contributed by atoms with Crippen LogP contribution in [0.15, 0.2) is 23.1 Å². The second-order valence-electron chi connectivity index (χ2n) is 4.46. The lowest BCUT2D eigenvalue weighted by molar-refractivity contribution is 0.420. The topological polar surface area (TPSA) is 35.8 Å². The van der Waals surface area contributed by atoms with E-state index in [1.165, 1.54) is 0 Å². The smallest absolute Gasteiger partial charge is 0.102 e. The van der Waals surface area contributed by atoms with Crippen LogP contribution in [0.3, 0.4) is 0 Å². The minimum Gasteiger partial charge on any atom is -0.379 e. The molecule has 0 fully saturated rings. The maximum atomic E-state index is 9.34. The van der Waals surface area contributed by atoms with Gasteiger partial charge >= 0.3 is 0 Å². The molecule has 3 heteroatoms. The molecule has 0 spiro atoms. The lowest BCUT2D eigenvalue weighted by atomic mass is 9.89. The average molecular weight is 262 g/mol. The third kappa shape index (κ3) is 3.00. The lowest BCUT2D eigenvalue weighted by Gasteiger charge is -2.33. The summed E-state index contributed by atoms with van der Waals surface area (Å²) in [7, 11) is 0. The molecule has 1 aromatic carbocycles. The molecule has 2 nitrogen and oxygen atoms in total. The summed E-state index contributed by atoms with van der Waals surface area (Å²) in [6, 6.07) is 8.35. The predicted molar refractivity (Wildman–Crippen MR) is 80.2 cm³/mol. The molecular weight excluding hydrogens is 240 g/mol. The number of benzene rings is 1. The van der Waals surface area contributed by atoms with Gasteiger partial charge in [-0.3, -0.25) is 0 Å². The first-order chi connectivity index (χ1) is 8.66. The number of rotatable bonds is 6. The van der Waals surface area contributed by atoms with Crippen LogP contribution in [0.2, 0.25) is 0 Å². The fraction of sp³-hybridized carbons (Fsp3) is 0.533. The zero-order chi connectivity index (χ0) is 13.6. The second kappa shape index (κ2) is 6.70. The SMILES string of the molecule is CCC(CC)(CC)Nc1cccc(SC)c1C#N. The molecule has 18 heavy (non-hydrogen) atoms. The summed E-state index contributed by atoms with van der Waals surface area (Å²) in [4.78, 5) is 1.04. The first kappa shape index (κ1) is 14.9. The molecule has 1 N–H and O–H groups in total. The largest absolute Gasteiger partial charge is 0.379 e. The van der Waals surface area contributed by atoms with Gasteiger partial charge in [-0.15, -0.1) is 11.8 Å². The van der Waals surface area contributed by atoms with Crippen LogP contribution < -0.4 is 5.32 Å². The van der Waals surface area contributed by atoms with E-state index in [-0.39, 0.29) is 5.54 Å². The van der Waals surface area contributed by atoms with Crippen molar-refractivity contribution in [3.8, 4) is 6.07 Å². The monoisotopic (exact) mass is 262 g/mol. The first-order valence-corrected chi connectivity index (χ1v) is 7.74. The highest BCUT2D eigenvalue weighted by molar-refractivity contribution is 7.98. The minimum absolute atomic E-state index is 0.0998. The van der Waals surface area contributed by atoms with Crippen molar-refractivity contribution in [2.45, 2.75) is 50.5 Å². The highest BCUT2D eigenvalue weighted by atomic mass is 32.2. The maximum absolute atomic E-state index is 9.34. The standard InChI is InChI=1S/C15H22N2S/c1-5-15(6-2,7-3)17-13-9-8-10-14(18-4)12(13)11-16/h8-10,17H,5-7H2,1-4H3. The molecule has 0 saturated heterocycles.